The van der Waals surface area contributed by atoms with Gasteiger partial charge in [0.1, 0.15) is 0 Å². The van der Waals surface area contributed by atoms with Crippen LogP contribution in [-0.4, -0.2) is 10.9 Å². The normalized spacial score (nSPS) is 15.1. The number of rotatable bonds is 6. The van der Waals surface area contributed by atoms with Gasteiger partial charge in [0, 0.05) is 25.7 Å². The SMILES string of the molecule is NCc1ccccc1CN(Cc1ccsc1)C1CC1. The number of nitrogens with zero attached hydrogens (tertiary/aromatic N) is 1. The molecule has 0 bridgehead atoms. The molecule has 1 aliphatic carbocycles. The summed E-state index contributed by atoms with van der Waals surface area (Å²) in [7, 11) is 0. The monoisotopic (exact) mass is 272 g/mol. The summed E-state index contributed by atoms with van der Waals surface area (Å²) >= 11 is 1.78. The van der Waals surface area contributed by atoms with E-state index in [0.717, 1.165) is 19.1 Å². The Labute approximate surface area is 118 Å². The Bertz CT molecular complexity index is 517. The van der Waals surface area contributed by atoms with Crippen LogP contribution in [0.25, 0.3) is 0 Å². The molecule has 19 heavy (non-hydrogen) atoms. The summed E-state index contributed by atoms with van der Waals surface area (Å²) in [5, 5.41) is 4.42. The Balaban J connectivity index is 1.74. The lowest BCUT2D eigenvalue weighted by molar-refractivity contribution is 0.245. The zero-order valence-corrected chi connectivity index (χ0v) is 11.9. The van der Waals surface area contributed by atoms with Crippen molar-refractivity contribution < 1.29 is 0 Å². The molecular weight excluding hydrogens is 252 g/mol. The molecule has 1 aromatic carbocycles. The average molecular weight is 272 g/mol. The average Bonchev–Trinajstić information content (AvgIpc) is 3.17. The standard InChI is InChI=1S/C16H20N2S/c17-9-14-3-1-2-4-15(14)11-18(16-5-6-16)10-13-7-8-19-12-13/h1-4,7-8,12,16H,5-6,9-11,17H2. The van der Waals surface area contributed by atoms with Gasteiger partial charge < -0.3 is 5.73 Å². The summed E-state index contributed by atoms with van der Waals surface area (Å²) in [4.78, 5) is 2.59. The first-order valence-electron chi connectivity index (χ1n) is 6.89. The van der Waals surface area contributed by atoms with E-state index < -0.39 is 0 Å². The molecule has 100 valence electrons. The van der Waals surface area contributed by atoms with E-state index in [9.17, 15) is 0 Å². The fourth-order valence-corrected chi connectivity index (χ4v) is 3.16. The van der Waals surface area contributed by atoms with Crippen molar-refractivity contribution in [2.45, 2.75) is 38.5 Å². The number of benzene rings is 1. The summed E-state index contributed by atoms with van der Waals surface area (Å²) in [5.74, 6) is 0. The van der Waals surface area contributed by atoms with Crippen LogP contribution in [0.5, 0.6) is 0 Å². The number of thiophene rings is 1. The van der Waals surface area contributed by atoms with Crippen LogP contribution in [0.4, 0.5) is 0 Å². The maximum absolute atomic E-state index is 5.84. The third kappa shape index (κ3) is 3.24. The minimum atomic E-state index is 0.632. The van der Waals surface area contributed by atoms with Gasteiger partial charge >= 0.3 is 0 Å². The van der Waals surface area contributed by atoms with Crippen LogP contribution in [0.1, 0.15) is 29.5 Å². The Morgan fingerprint density at radius 2 is 1.89 bits per heavy atom. The van der Waals surface area contributed by atoms with Crippen molar-refractivity contribution in [3.8, 4) is 0 Å². The van der Waals surface area contributed by atoms with Crippen LogP contribution in [-0.2, 0) is 19.6 Å². The summed E-state index contributed by atoms with van der Waals surface area (Å²) in [6.07, 6.45) is 2.68. The number of hydrogen-bond donors (Lipinski definition) is 1. The second-order valence-corrected chi connectivity index (χ2v) is 6.02. The van der Waals surface area contributed by atoms with E-state index >= 15 is 0 Å². The van der Waals surface area contributed by atoms with Gasteiger partial charge in [0.2, 0.25) is 0 Å². The van der Waals surface area contributed by atoms with Gasteiger partial charge in [-0.1, -0.05) is 24.3 Å². The van der Waals surface area contributed by atoms with E-state index in [4.69, 9.17) is 5.73 Å². The predicted molar refractivity (Wildman–Crippen MR) is 80.9 cm³/mol. The molecule has 2 nitrogen and oxygen atoms in total. The third-order valence-corrected chi connectivity index (χ3v) is 4.47. The van der Waals surface area contributed by atoms with E-state index in [2.05, 4.69) is 46.0 Å². The number of hydrogen-bond acceptors (Lipinski definition) is 3. The van der Waals surface area contributed by atoms with Crippen LogP contribution >= 0.6 is 11.3 Å². The summed E-state index contributed by atoms with van der Waals surface area (Å²) < 4.78 is 0. The molecule has 0 spiro atoms. The molecule has 0 unspecified atom stereocenters. The van der Waals surface area contributed by atoms with Crippen LogP contribution in [0.2, 0.25) is 0 Å². The molecule has 0 atom stereocenters. The highest BCUT2D eigenvalue weighted by Gasteiger charge is 2.29. The van der Waals surface area contributed by atoms with Gasteiger partial charge in [0.05, 0.1) is 0 Å². The number of nitrogens with two attached hydrogens (primary N) is 1. The van der Waals surface area contributed by atoms with Crippen LogP contribution < -0.4 is 5.73 Å². The van der Waals surface area contributed by atoms with Gasteiger partial charge in [-0.25, -0.2) is 0 Å². The molecular formula is C16H20N2S. The molecule has 1 heterocycles. The zero-order chi connectivity index (χ0) is 13.1. The first-order chi connectivity index (χ1) is 9.36. The summed E-state index contributed by atoms with van der Waals surface area (Å²) in [6, 6.07) is 11.5. The third-order valence-electron chi connectivity index (χ3n) is 3.74. The van der Waals surface area contributed by atoms with Gasteiger partial charge in [-0.15, -0.1) is 0 Å². The van der Waals surface area contributed by atoms with Crippen molar-refractivity contribution in [1.29, 1.82) is 0 Å². The fraction of sp³-hybridized carbons (Fsp3) is 0.375. The van der Waals surface area contributed by atoms with Crippen molar-refractivity contribution in [2.24, 2.45) is 5.73 Å². The maximum atomic E-state index is 5.84. The minimum absolute atomic E-state index is 0.632. The van der Waals surface area contributed by atoms with E-state index in [1.54, 1.807) is 11.3 Å². The van der Waals surface area contributed by atoms with E-state index in [1.165, 1.54) is 29.5 Å². The second-order valence-electron chi connectivity index (χ2n) is 5.24. The van der Waals surface area contributed by atoms with Gasteiger partial charge in [0.15, 0.2) is 0 Å². The first kappa shape index (κ1) is 12.9. The van der Waals surface area contributed by atoms with Crippen molar-refractivity contribution in [3.05, 3.63) is 57.8 Å². The molecule has 2 N–H and O–H groups in total. The fourth-order valence-electron chi connectivity index (χ4n) is 2.50. The first-order valence-corrected chi connectivity index (χ1v) is 7.83. The lowest BCUT2D eigenvalue weighted by Crippen LogP contribution is -2.25. The molecule has 1 fully saturated rings. The van der Waals surface area contributed by atoms with Crippen LogP contribution in [0, 0.1) is 0 Å². The quantitative estimate of drug-likeness (QED) is 0.873. The van der Waals surface area contributed by atoms with Crippen LogP contribution in [0.3, 0.4) is 0 Å². The summed E-state index contributed by atoms with van der Waals surface area (Å²) in [5.41, 5.74) is 9.93. The smallest absolute Gasteiger partial charge is 0.0248 e. The largest absolute Gasteiger partial charge is 0.326 e. The van der Waals surface area contributed by atoms with Gasteiger partial charge in [-0.3, -0.25) is 4.90 Å². The molecule has 1 aromatic heterocycles. The topological polar surface area (TPSA) is 29.3 Å². The van der Waals surface area contributed by atoms with Gasteiger partial charge in [-0.05, 0) is 46.4 Å². The predicted octanol–water partition coefficient (Wildman–Crippen LogP) is 3.37. The van der Waals surface area contributed by atoms with E-state index in [-0.39, 0.29) is 0 Å². The Morgan fingerprint density at radius 3 is 2.53 bits per heavy atom. The van der Waals surface area contributed by atoms with Crippen LogP contribution in [0.15, 0.2) is 41.1 Å². The zero-order valence-electron chi connectivity index (χ0n) is 11.1. The highest BCUT2D eigenvalue weighted by atomic mass is 32.1. The Morgan fingerprint density at radius 1 is 1.11 bits per heavy atom. The Hall–Kier alpha value is -1.16. The van der Waals surface area contributed by atoms with Crippen molar-refractivity contribution in [2.75, 3.05) is 0 Å². The highest BCUT2D eigenvalue weighted by Crippen LogP contribution is 2.30. The molecule has 1 saturated carbocycles. The van der Waals surface area contributed by atoms with Crippen molar-refractivity contribution in [3.63, 3.8) is 0 Å². The summed E-state index contributed by atoms with van der Waals surface area (Å²) in [6.45, 7) is 2.72. The molecule has 0 aliphatic heterocycles. The lowest BCUT2D eigenvalue weighted by atomic mass is 10.1. The lowest BCUT2D eigenvalue weighted by Gasteiger charge is -2.23. The minimum Gasteiger partial charge on any atom is -0.326 e. The highest BCUT2D eigenvalue weighted by molar-refractivity contribution is 7.07. The molecule has 3 rings (SSSR count). The van der Waals surface area contributed by atoms with Gasteiger partial charge in [-0.2, -0.15) is 11.3 Å². The molecule has 0 amide bonds. The van der Waals surface area contributed by atoms with E-state index in [0.29, 0.717) is 6.54 Å². The van der Waals surface area contributed by atoms with Crippen molar-refractivity contribution in [1.82, 2.24) is 4.90 Å². The molecule has 3 heteroatoms. The molecule has 0 saturated heterocycles. The molecule has 0 radical (unpaired) electrons. The Kier molecular flexibility index (Phi) is 3.97. The molecule has 2 aromatic rings. The maximum Gasteiger partial charge on any atom is 0.0248 e. The molecule has 1 aliphatic rings. The second kappa shape index (κ2) is 5.87. The van der Waals surface area contributed by atoms with Gasteiger partial charge in [0.25, 0.3) is 0 Å². The van der Waals surface area contributed by atoms with Crippen molar-refractivity contribution >= 4 is 11.3 Å². The van der Waals surface area contributed by atoms with E-state index in [1.807, 2.05) is 0 Å².